The van der Waals surface area contributed by atoms with Crippen molar-refractivity contribution >= 4 is 28.3 Å². The van der Waals surface area contributed by atoms with E-state index in [0.717, 1.165) is 5.69 Å². The fourth-order valence-corrected chi connectivity index (χ4v) is 1.93. The number of hydrogen-bond donors (Lipinski definition) is 3. The minimum absolute atomic E-state index is 0.0486. The molecule has 2 heterocycles. The third kappa shape index (κ3) is 1.65. The number of carbonyl (C=O) groups is 1. The Kier molecular flexibility index (Phi) is 2.10. The first-order valence-electron chi connectivity index (χ1n) is 5.28. The number of nitrogens with zero attached hydrogens (tertiary/aromatic N) is 2. The van der Waals surface area contributed by atoms with Crippen LogP contribution in [0.5, 0.6) is 0 Å². The summed E-state index contributed by atoms with van der Waals surface area (Å²) in [6.45, 7) is 0.607. The first-order valence-corrected chi connectivity index (χ1v) is 5.28. The van der Waals surface area contributed by atoms with Crippen LogP contribution in [0.4, 0.5) is 11.4 Å². The van der Waals surface area contributed by atoms with E-state index in [1.807, 2.05) is 6.07 Å². The van der Waals surface area contributed by atoms with E-state index in [4.69, 9.17) is 5.73 Å². The minimum atomic E-state index is 0.0486. The van der Waals surface area contributed by atoms with E-state index in [2.05, 4.69) is 25.6 Å². The van der Waals surface area contributed by atoms with E-state index >= 15 is 0 Å². The Labute approximate surface area is 96.3 Å². The number of nitrogens with two attached hydrogens (primary N) is 1. The number of amides is 1. The van der Waals surface area contributed by atoms with Crippen molar-refractivity contribution in [3.63, 3.8) is 0 Å². The zero-order chi connectivity index (χ0) is 11.8. The number of nitrogens with one attached hydrogen (secondary N) is 2. The summed E-state index contributed by atoms with van der Waals surface area (Å²) >= 11 is 0. The standard InChI is InChI=1S/C10H11N5O2/c11-6-1-2-7(10-9(6)14-17-15-10)13-5-3-8(16)12-4-5/h1-2,5,13H,3-4,11H2,(H,12,16). The number of nitrogen functional groups attached to an aromatic ring is 1. The molecule has 0 bridgehead atoms. The van der Waals surface area contributed by atoms with Crippen molar-refractivity contribution in [2.75, 3.05) is 17.6 Å². The second-order valence-corrected chi connectivity index (χ2v) is 4.01. The molecule has 7 nitrogen and oxygen atoms in total. The summed E-state index contributed by atoms with van der Waals surface area (Å²) < 4.78 is 4.67. The van der Waals surface area contributed by atoms with Gasteiger partial charge in [0.25, 0.3) is 0 Å². The van der Waals surface area contributed by atoms with Gasteiger partial charge in [-0.1, -0.05) is 0 Å². The number of benzene rings is 1. The van der Waals surface area contributed by atoms with Gasteiger partial charge in [0.05, 0.1) is 17.4 Å². The molecule has 0 aliphatic carbocycles. The maximum Gasteiger partial charge on any atom is 0.222 e. The van der Waals surface area contributed by atoms with Crippen LogP contribution in [-0.2, 0) is 4.79 Å². The minimum Gasteiger partial charge on any atom is -0.397 e. The van der Waals surface area contributed by atoms with E-state index in [1.54, 1.807) is 6.07 Å². The highest BCUT2D eigenvalue weighted by molar-refractivity contribution is 5.95. The summed E-state index contributed by atoms with van der Waals surface area (Å²) in [7, 11) is 0. The first kappa shape index (κ1) is 9.88. The van der Waals surface area contributed by atoms with Crippen molar-refractivity contribution in [3.05, 3.63) is 12.1 Å². The maximum atomic E-state index is 11.1. The van der Waals surface area contributed by atoms with Crippen LogP contribution in [0.3, 0.4) is 0 Å². The number of rotatable bonds is 2. The third-order valence-corrected chi connectivity index (χ3v) is 2.78. The maximum absolute atomic E-state index is 11.1. The molecule has 3 rings (SSSR count). The molecule has 1 amide bonds. The molecular formula is C10H11N5O2. The van der Waals surface area contributed by atoms with E-state index in [-0.39, 0.29) is 11.9 Å². The Balaban J connectivity index is 1.92. The fourth-order valence-electron chi connectivity index (χ4n) is 1.93. The molecular weight excluding hydrogens is 222 g/mol. The van der Waals surface area contributed by atoms with E-state index in [9.17, 15) is 4.79 Å². The molecule has 0 spiro atoms. The molecule has 1 fully saturated rings. The molecule has 1 atom stereocenters. The van der Waals surface area contributed by atoms with Crippen molar-refractivity contribution in [2.45, 2.75) is 12.5 Å². The Morgan fingerprint density at radius 2 is 2.24 bits per heavy atom. The van der Waals surface area contributed by atoms with Crippen LogP contribution in [0.25, 0.3) is 11.0 Å². The number of hydrogen-bond acceptors (Lipinski definition) is 6. The van der Waals surface area contributed by atoms with Crippen molar-refractivity contribution in [1.82, 2.24) is 15.6 Å². The lowest BCUT2D eigenvalue weighted by Crippen LogP contribution is -2.22. The first-order chi connectivity index (χ1) is 8.24. The van der Waals surface area contributed by atoms with Gasteiger partial charge in [-0.25, -0.2) is 4.63 Å². The predicted octanol–water partition coefficient (Wildman–Crippen LogP) is 0.105. The summed E-state index contributed by atoms with van der Waals surface area (Å²) in [5, 5.41) is 13.5. The van der Waals surface area contributed by atoms with Gasteiger partial charge in [-0.05, 0) is 22.4 Å². The average molecular weight is 233 g/mol. The van der Waals surface area contributed by atoms with Gasteiger partial charge in [-0.2, -0.15) is 0 Å². The molecule has 1 aromatic carbocycles. The molecule has 1 aliphatic rings. The molecule has 1 aromatic heterocycles. The number of anilines is 2. The van der Waals surface area contributed by atoms with Gasteiger partial charge in [-0.3, -0.25) is 4.79 Å². The van der Waals surface area contributed by atoms with Gasteiger partial charge < -0.3 is 16.4 Å². The van der Waals surface area contributed by atoms with Crippen LogP contribution in [0.15, 0.2) is 16.8 Å². The normalized spacial score (nSPS) is 19.5. The van der Waals surface area contributed by atoms with Gasteiger partial charge in [0.1, 0.15) is 0 Å². The van der Waals surface area contributed by atoms with Crippen molar-refractivity contribution < 1.29 is 9.42 Å². The lowest BCUT2D eigenvalue weighted by atomic mass is 10.2. The highest BCUT2D eigenvalue weighted by Gasteiger charge is 2.22. The van der Waals surface area contributed by atoms with Crippen LogP contribution >= 0.6 is 0 Å². The van der Waals surface area contributed by atoms with E-state index < -0.39 is 0 Å². The second kappa shape index (κ2) is 3.62. The summed E-state index contributed by atoms with van der Waals surface area (Å²) in [4.78, 5) is 11.1. The van der Waals surface area contributed by atoms with Gasteiger partial charge in [0.2, 0.25) is 5.91 Å². The molecule has 1 unspecified atom stereocenters. The van der Waals surface area contributed by atoms with Crippen LogP contribution in [-0.4, -0.2) is 28.8 Å². The monoisotopic (exact) mass is 233 g/mol. The molecule has 0 radical (unpaired) electrons. The van der Waals surface area contributed by atoms with Crippen LogP contribution in [0, 0.1) is 0 Å². The Bertz CT molecular complexity index is 579. The Morgan fingerprint density at radius 1 is 1.41 bits per heavy atom. The van der Waals surface area contributed by atoms with Gasteiger partial charge in [-0.15, -0.1) is 0 Å². The van der Waals surface area contributed by atoms with Gasteiger partial charge >= 0.3 is 0 Å². The van der Waals surface area contributed by atoms with Crippen LogP contribution < -0.4 is 16.4 Å². The molecule has 0 saturated carbocycles. The Hall–Kier alpha value is -2.31. The molecule has 1 aliphatic heterocycles. The Morgan fingerprint density at radius 3 is 3.00 bits per heavy atom. The van der Waals surface area contributed by atoms with Gasteiger partial charge in [0, 0.05) is 13.0 Å². The zero-order valence-electron chi connectivity index (χ0n) is 8.93. The quantitative estimate of drug-likeness (QED) is 0.635. The molecule has 1 saturated heterocycles. The van der Waals surface area contributed by atoms with Crippen molar-refractivity contribution in [3.8, 4) is 0 Å². The highest BCUT2D eigenvalue weighted by Crippen LogP contribution is 2.26. The number of aromatic nitrogens is 2. The lowest BCUT2D eigenvalue weighted by Gasteiger charge is -2.11. The van der Waals surface area contributed by atoms with Crippen molar-refractivity contribution in [1.29, 1.82) is 0 Å². The molecule has 88 valence electrons. The number of carbonyl (C=O) groups excluding carboxylic acids is 1. The molecule has 7 heteroatoms. The summed E-state index contributed by atoms with van der Waals surface area (Å²) in [5.74, 6) is 0.0486. The topological polar surface area (TPSA) is 106 Å². The molecule has 2 aromatic rings. The summed E-state index contributed by atoms with van der Waals surface area (Å²) in [5.41, 5.74) is 8.16. The third-order valence-electron chi connectivity index (χ3n) is 2.78. The van der Waals surface area contributed by atoms with Crippen molar-refractivity contribution in [2.24, 2.45) is 0 Å². The summed E-state index contributed by atoms with van der Waals surface area (Å²) in [6, 6.07) is 3.61. The predicted molar refractivity (Wildman–Crippen MR) is 61.3 cm³/mol. The van der Waals surface area contributed by atoms with E-state index in [0.29, 0.717) is 29.7 Å². The number of fused-ring (bicyclic) bond motifs is 1. The second-order valence-electron chi connectivity index (χ2n) is 4.01. The van der Waals surface area contributed by atoms with Gasteiger partial charge in [0.15, 0.2) is 11.0 Å². The largest absolute Gasteiger partial charge is 0.397 e. The fraction of sp³-hybridized carbons (Fsp3) is 0.300. The van der Waals surface area contributed by atoms with Crippen LogP contribution in [0.2, 0.25) is 0 Å². The average Bonchev–Trinajstić information content (AvgIpc) is 2.92. The van der Waals surface area contributed by atoms with E-state index in [1.165, 1.54) is 0 Å². The SMILES string of the molecule is Nc1ccc(NC2CNC(=O)C2)c2nonc12. The smallest absolute Gasteiger partial charge is 0.222 e. The zero-order valence-corrected chi connectivity index (χ0v) is 8.93. The molecule has 4 N–H and O–H groups in total. The molecule has 17 heavy (non-hydrogen) atoms. The van der Waals surface area contributed by atoms with Crippen LogP contribution in [0.1, 0.15) is 6.42 Å². The summed E-state index contributed by atoms with van der Waals surface area (Å²) in [6.07, 6.45) is 0.456. The lowest BCUT2D eigenvalue weighted by molar-refractivity contribution is -0.119. The highest BCUT2D eigenvalue weighted by atomic mass is 16.6.